The molecule has 2 rings (SSSR count). The van der Waals surface area contributed by atoms with Crippen LogP contribution in [0.15, 0.2) is 0 Å². The molecule has 0 aromatic rings. The molecule has 0 radical (unpaired) electrons. The fourth-order valence-electron chi connectivity index (χ4n) is 1.89. The zero-order valence-corrected chi connectivity index (χ0v) is 7.32. The van der Waals surface area contributed by atoms with E-state index in [2.05, 4.69) is 5.32 Å². The van der Waals surface area contributed by atoms with E-state index in [1.54, 1.807) is 0 Å². The average molecular weight is 171 g/mol. The van der Waals surface area contributed by atoms with Crippen molar-refractivity contribution < 1.29 is 4.79 Å². The molecule has 2 fully saturated rings. The van der Waals surface area contributed by atoms with Crippen LogP contribution >= 0.6 is 11.8 Å². The van der Waals surface area contributed by atoms with E-state index in [1.807, 2.05) is 11.8 Å². The Balaban J connectivity index is 1.90. The minimum Gasteiger partial charge on any atom is -0.356 e. The summed E-state index contributed by atoms with van der Waals surface area (Å²) in [5.41, 5.74) is 0. The number of carbonyl (C=O) groups excluding carboxylic acids is 1. The Labute approximate surface area is 71.1 Å². The van der Waals surface area contributed by atoms with E-state index < -0.39 is 0 Å². The third kappa shape index (κ3) is 1.53. The fourth-order valence-corrected chi connectivity index (χ4v) is 3.26. The molecule has 2 aliphatic rings. The lowest BCUT2D eigenvalue weighted by Gasteiger charge is -2.13. The fraction of sp³-hybridized carbons (Fsp3) is 0.875. The normalized spacial score (nSPS) is 37.6. The molecular weight excluding hydrogens is 158 g/mol. The van der Waals surface area contributed by atoms with Crippen LogP contribution in [-0.2, 0) is 4.79 Å². The first-order valence-electron chi connectivity index (χ1n) is 4.20. The summed E-state index contributed by atoms with van der Waals surface area (Å²) in [5.74, 6) is 4.30. The molecule has 62 valence electrons. The third-order valence-corrected chi connectivity index (χ3v) is 3.83. The molecule has 0 spiro atoms. The van der Waals surface area contributed by atoms with E-state index in [0.717, 1.165) is 18.9 Å². The highest BCUT2D eigenvalue weighted by atomic mass is 32.2. The Morgan fingerprint density at radius 3 is 2.91 bits per heavy atom. The van der Waals surface area contributed by atoms with Gasteiger partial charge < -0.3 is 5.32 Å². The SMILES string of the molecule is O=C1CC(C2CCSC2)CN1. The van der Waals surface area contributed by atoms with Gasteiger partial charge in [0.15, 0.2) is 0 Å². The largest absolute Gasteiger partial charge is 0.356 e. The minimum atomic E-state index is 0.256. The van der Waals surface area contributed by atoms with E-state index in [1.165, 1.54) is 17.9 Å². The van der Waals surface area contributed by atoms with Crippen molar-refractivity contribution in [2.75, 3.05) is 18.1 Å². The molecule has 0 saturated carbocycles. The van der Waals surface area contributed by atoms with Crippen molar-refractivity contribution in [2.45, 2.75) is 12.8 Å². The van der Waals surface area contributed by atoms with Crippen molar-refractivity contribution in [3.8, 4) is 0 Å². The number of hydrogen-bond acceptors (Lipinski definition) is 2. The first kappa shape index (κ1) is 7.47. The number of hydrogen-bond donors (Lipinski definition) is 1. The lowest BCUT2D eigenvalue weighted by molar-refractivity contribution is -0.119. The van der Waals surface area contributed by atoms with Crippen LogP contribution in [0.1, 0.15) is 12.8 Å². The summed E-state index contributed by atoms with van der Waals surface area (Å²) in [6.45, 7) is 0.935. The smallest absolute Gasteiger partial charge is 0.220 e. The molecule has 3 heteroatoms. The molecule has 2 atom stereocenters. The first-order valence-corrected chi connectivity index (χ1v) is 5.36. The van der Waals surface area contributed by atoms with Crippen molar-refractivity contribution in [1.82, 2.24) is 5.32 Å². The molecule has 0 aliphatic carbocycles. The van der Waals surface area contributed by atoms with Crippen molar-refractivity contribution >= 4 is 17.7 Å². The van der Waals surface area contributed by atoms with Crippen LogP contribution in [0.3, 0.4) is 0 Å². The average Bonchev–Trinajstić information content (AvgIpc) is 2.55. The summed E-state index contributed by atoms with van der Waals surface area (Å²) >= 11 is 2.03. The predicted octanol–water partition coefficient (Wildman–Crippen LogP) is 0.876. The van der Waals surface area contributed by atoms with Crippen LogP contribution < -0.4 is 5.32 Å². The second-order valence-electron chi connectivity index (χ2n) is 3.39. The lowest BCUT2D eigenvalue weighted by Crippen LogP contribution is -2.18. The summed E-state index contributed by atoms with van der Waals surface area (Å²) < 4.78 is 0. The van der Waals surface area contributed by atoms with E-state index in [0.29, 0.717) is 5.92 Å². The van der Waals surface area contributed by atoms with E-state index >= 15 is 0 Å². The van der Waals surface area contributed by atoms with Gasteiger partial charge >= 0.3 is 0 Å². The van der Waals surface area contributed by atoms with Gasteiger partial charge in [-0.25, -0.2) is 0 Å². The number of nitrogens with one attached hydrogen (secondary N) is 1. The van der Waals surface area contributed by atoms with Crippen LogP contribution in [0.4, 0.5) is 0 Å². The molecule has 2 heterocycles. The molecule has 2 aliphatic heterocycles. The Hall–Kier alpha value is -0.180. The molecule has 1 amide bonds. The molecule has 11 heavy (non-hydrogen) atoms. The Morgan fingerprint density at radius 2 is 2.36 bits per heavy atom. The number of carbonyl (C=O) groups is 1. The quantitative estimate of drug-likeness (QED) is 0.634. The molecule has 2 saturated heterocycles. The van der Waals surface area contributed by atoms with Gasteiger partial charge in [0.05, 0.1) is 0 Å². The van der Waals surface area contributed by atoms with Crippen molar-refractivity contribution in [3.63, 3.8) is 0 Å². The van der Waals surface area contributed by atoms with Crippen LogP contribution in [0.25, 0.3) is 0 Å². The second-order valence-corrected chi connectivity index (χ2v) is 4.54. The Bertz CT molecular complexity index is 165. The number of rotatable bonds is 1. The van der Waals surface area contributed by atoms with Crippen molar-refractivity contribution in [1.29, 1.82) is 0 Å². The maximum Gasteiger partial charge on any atom is 0.220 e. The van der Waals surface area contributed by atoms with E-state index in [-0.39, 0.29) is 5.91 Å². The molecule has 0 aromatic carbocycles. The van der Waals surface area contributed by atoms with Crippen LogP contribution in [0, 0.1) is 11.8 Å². The summed E-state index contributed by atoms with van der Waals surface area (Å²) in [4.78, 5) is 10.9. The van der Waals surface area contributed by atoms with E-state index in [4.69, 9.17) is 0 Å². The maximum absolute atomic E-state index is 10.9. The monoisotopic (exact) mass is 171 g/mol. The van der Waals surface area contributed by atoms with Gasteiger partial charge in [0, 0.05) is 13.0 Å². The van der Waals surface area contributed by atoms with Gasteiger partial charge in [-0.3, -0.25) is 4.79 Å². The Kier molecular flexibility index (Phi) is 2.07. The molecule has 1 N–H and O–H groups in total. The van der Waals surface area contributed by atoms with Gasteiger partial charge in [0.2, 0.25) is 5.91 Å². The van der Waals surface area contributed by atoms with Crippen LogP contribution in [-0.4, -0.2) is 24.0 Å². The highest BCUT2D eigenvalue weighted by molar-refractivity contribution is 7.99. The summed E-state index contributed by atoms with van der Waals surface area (Å²) in [6.07, 6.45) is 2.11. The predicted molar refractivity (Wildman–Crippen MR) is 46.5 cm³/mol. The highest BCUT2D eigenvalue weighted by Gasteiger charge is 2.31. The van der Waals surface area contributed by atoms with Gasteiger partial charge in [-0.05, 0) is 29.8 Å². The zero-order chi connectivity index (χ0) is 7.68. The summed E-state index contributed by atoms with van der Waals surface area (Å²) in [5, 5.41) is 2.90. The maximum atomic E-state index is 10.9. The Morgan fingerprint density at radius 1 is 1.45 bits per heavy atom. The van der Waals surface area contributed by atoms with Crippen molar-refractivity contribution in [2.24, 2.45) is 11.8 Å². The van der Waals surface area contributed by atoms with Gasteiger partial charge in [-0.1, -0.05) is 0 Å². The third-order valence-electron chi connectivity index (χ3n) is 2.64. The molecule has 2 unspecified atom stereocenters. The van der Waals surface area contributed by atoms with E-state index in [9.17, 15) is 4.79 Å². The molecule has 0 bridgehead atoms. The standard InChI is InChI=1S/C8H13NOS/c10-8-3-7(4-9-8)6-1-2-11-5-6/h6-7H,1-5H2,(H,9,10). The number of thioether (sulfide) groups is 1. The summed E-state index contributed by atoms with van der Waals surface area (Å²) in [7, 11) is 0. The minimum absolute atomic E-state index is 0.256. The van der Waals surface area contributed by atoms with Crippen LogP contribution in [0.2, 0.25) is 0 Å². The number of amides is 1. The lowest BCUT2D eigenvalue weighted by atomic mass is 9.91. The van der Waals surface area contributed by atoms with Crippen molar-refractivity contribution in [3.05, 3.63) is 0 Å². The first-order chi connectivity index (χ1) is 5.36. The topological polar surface area (TPSA) is 29.1 Å². The van der Waals surface area contributed by atoms with Gasteiger partial charge in [0.25, 0.3) is 0 Å². The van der Waals surface area contributed by atoms with Gasteiger partial charge in [-0.2, -0.15) is 11.8 Å². The van der Waals surface area contributed by atoms with Gasteiger partial charge in [-0.15, -0.1) is 0 Å². The summed E-state index contributed by atoms with van der Waals surface area (Å²) in [6, 6.07) is 0. The highest BCUT2D eigenvalue weighted by Crippen LogP contribution is 2.32. The molecule has 0 aromatic heterocycles. The second kappa shape index (κ2) is 3.05. The molecule has 2 nitrogen and oxygen atoms in total. The van der Waals surface area contributed by atoms with Crippen LogP contribution in [0.5, 0.6) is 0 Å². The zero-order valence-electron chi connectivity index (χ0n) is 6.51. The molecular formula is C8H13NOS. The van der Waals surface area contributed by atoms with Gasteiger partial charge in [0.1, 0.15) is 0 Å².